The molecule has 1 heterocycles. The number of hydrogen-bond acceptors (Lipinski definition) is 5. The lowest BCUT2D eigenvalue weighted by Gasteiger charge is -2.25. The number of nitrogens with zero attached hydrogens (tertiary/aromatic N) is 2. The maximum absolute atomic E-state index is 12.8. The van der Waals surface area contributed by atoms with Gasteiger partial charge in [-0.05, 0) is 18.9 Å². The maximum Gasteiger partial charge on any atom is 0.347 e. The number of carbonyl (C=O) groups excluding carboxylic acids is 1. The highest BCUT2D eigenvalue weighted by Crippen LogP contribution is 2.19. The fraction of sp³-hybridized carbons (Fsp3) is 0.500. The quantitative estimate of drug-likeness (QED) is 0.667. The van der Waals surface area contributed by atoms with E-state index in [9.17, 15) is 14.9 Å². The first-order chi connectivity index (χ1) is 12.6. The fourth-order valence-corrected chi connectivity index (χ4v) is 3.47. The molecular formula is C18H24N4O4. The molecule has 140 valence electrons. The van der Waals surface area contributed by atoms with E-state index in [0.717, 1.165) is 25.7 Å². The number of hydrogen-bond donors (Lipinski definition) is 3. The number of nitrogens with one attached hydrogen (secondary N) is 2. The summed E-state index contributed by atoms with van der Waals surface area (Å²) in [5, 5.41) is 27.6. The highest BCUT2D eigenvalue weighted by atomic mass is 16.5. The van der Waals surface area contributed by atoms with Crippen molar-refractivity contribution in [2.75, 3.05) is 13.2 Å². The number of amides is 1. The highest BCUT2D eigenvalue weighted by molar-refractivity contribution is 5.93. The third kappa shape index (κ3) is 3.71. The SMILES string of the molecule is O=C(NCCO)c1c(CNC2CCCCC2)n([O-])c2ccccc2[n+]1=O. The van der Waals surface area contributed by atoms with Crippen LogP contribution in [-0.2, 0) is 6.54 Å². The van der Waals surface area contributed by atoms with E-state index in [1.54, 1.807) is 18.2 Å². The standard InChI is InChI=1S/C18H24N4O4/c23-11-10-19-18(24)17-16(12-20-13-6-2-1-3-7-13)21(25)14-8-4-5-9-15(14)22(17)26/h4-5,8-9,13,20,23H,1-3,6-7,10-12H2,(H,19,24). The van der Waals surface area contributed by atoms with Gasteiger partial charge in [-0.25, -0.2) is 0 Å². The van der Waals surface area contributed by atoms with Gasteiger partial charge < -0.3 is 25.7 Å². The number of fused-ring (bicyclic) bond motifs is 1. The summed E-state index contributed by atoms with van der Waals surface area (Å²) in [6, 6.07) is 6.68. The molecule has 8 nitrogen and oxygen atoms in total. The molecule has 0 aliphatic heterocycles. The first kappa shape index (κ1) is 18.3. The van der Waals surface area contributed by atoms with Gasteiger partial charge in [0, 0.05) is 30.1 Å². The Labute approximate surface area is 151 Å². The number of benzene rings is 1. The average molecular weight is 360 g/mol. The largest absolute Gasteiger partial charge is 0.805 e. The van der Waals surface area contributed by atoms with Crippen molar-refractivity contribution in [1.82, 2.24) is 15.4 Å². The van der Waals surface area contributed by atoms with Crippen LogP contribution in [0.1, 0.15) is 48.3 Å². The molecule has 0 bridgehead atoms. The molecule has 1 aliphatic rings. The van der Waals surface area contributed by atoms with Crippen molar-refractivity contribution in [1.29, 1.82) is 0 Å². The first-order valence-corrected chi connectivity index (χ1v) is 9.02. The average Bonchev–Trinajstić information content (AvgIpc) is 2.68. The normalized spacial score (nSPS) is 15.3. The van der Waals surface area contributed by atoms with Crippen LogP contribution in [0.2, 0.25) is 0 Å². The van der Waals surface area contributed by atoms with Gasteiger partial charge in [-0.3, -0.25) is 4.79 Å². The van der Waals surface area contributed by atoms with Crippen molar-refractivity contribution >= 4 is 16.9 Å². The van der Waals surface area contributed by atoms with Crippen LogP contribution < -0.4 is 15.1 Å². The van der Waals surface area contributed by atoms with E-state index in [4.69, 9.17) is 5.11 Å². The van der Waals surface area contributed by atoms with Crippen LogP contribution >= 0.6 is 0 Å². The van der Waals surface area contributed by atoms with Gasteiger partial charge in [0.25, 0.3) is 5.52 Å². The Hall–Kier alpha value is -2.45. The summed E-state index contributed by atoms with van der Waals surface area (Å²) < 4.78 is 1.17. The second-order valence-electron chi connectivity index (χ2n) is 6.57. The summed E-state index contributed by atoms with van der Waals surface area (Å²) in [7, 11) is 0. The van der Waals surface area contributed by atoms with E-state index < -0.39 is 5.91 Å². The summed E-state index contributed by atoms with van der Waals surface area (Å²) in [6.45, 7) is -0.0889. The summed E-state index contributed by atoms with van der Waals surface area (Å²) in [5.41, 5.74) is 0.231. The molecule has 26 heavy (non-hydrogen) atoms. The van der Waals surface area contributed by atoms with Crippen LogP contribution in [0, 0.1) is 10.1 Å². The molecule has 8 heteroatoms. The summed E-state index contributed by atoms with van der Waals surface area (Å²) in [6.07, 6.45) is 5.53. The van der Waals surface area contributed by atoms with Crippen LogP contribution in [0.15, 0.2) is 24.3 Å². The van der Waals surface area contributed by atoms with Gasteiger partial charge in [0.05, 0.1) is 11.0 Å². The molecule has 2 aromatic rings. The molecule has 1 aromatic heterocycles. The Bertz CT molecular complexity index is 843. The van der Waals surface area contributed by atoms with Crippen molar-refractivity contribution in [3.63, 3.8) is 0 Å². The third-order valence-electron chi connectivity index (χ3n) is 4.82. The zero-order valence-electron chi connectivity index (χ0n) is 14.6. The van der Waals surface area contributed by atoms with Crippen LogP contribution in [-0.4, -0.2) is 34.9 Å². The molecule has 0 unspecified atom stereocenters. The minimum Gasteiger partial charge on any atom is -0.805 e. The zero-order valence-corrected chi connectivity index (χ0v) is 14.6. The third-order valence-corrected chi connectivity index (χ3v) is 4.82. The number of aliphatic hydroxyl groups is 1. The number of para-hydroxylation sites is 2. The smallest absolute Gasteiger partial charge is 0.347 e. The summed E-state index contributed by atoms with van der Waals surface area (Å²) >= 11 is 0. The Balaban J connectivity index is 2.01. The molecule has 1 saturated carbocycles. The summed E-state index contributed by atoms with van der Waals surface area (Å²) in [4.78, 5) is 25.2. The van der Waals surface area contributed by atoms with Crippen molar-refractivity contribution in [2.24, 2.45) is 0 Å². The monoisotopic (exact) mass is 360 g/mol. The Kier molecular flexibility index (Phi) is 5.85. The highest BCUT2D eigenvalue weighted by Gasteiger charge is 2.29. The molecule has 3 N–H and O–H groups in total. The van der Waals surface area contributed by atoms with Crippen LogP contribution in [0.4, 0.5) is 0 Å². The van der Waals surface area contributed by atoms with Crippen molar-refractivity contribution in [2.45, 2.75) is 44.7 Å². The minimum atomic E-state index is -0.662. The van der Waals surface area contributed by atoms with Gasteiger partial charge in [-0.15, -0.1) is 0 Å². The van der Waals surface area contributed by atoms with Gasteiger partial charge in [0.2, 0.25) is 0 Å². The van der Waals surface area contributed by atoms with E-state index >= 15 is 0 Å². The van der Waals surface area contributed by atoms with Crippen LogP contribution in [0.5, 0.6) is 0 Å². The molecule has 1 aliphatic carbocycles. The van der Waals surface area contributed by atoms with E-state index in [1.165, 1.54) is 12.5 Å². The summed E-state index contributed by atoms with van der Waals surface area (Å²) in [5.74, 6) is -0.662. The van der Waals surface area contributed by atoms with E-state index in [1.807, 2.05) is 0 Å². The number of carbonyl (C=O) groups is 1. The maximum atomic E-state index is 12.8. The van der Waals surface area contributed by atoms with Gasteiger partial charge in [-0.1, -0.05) is 31.4 Å². The van der Waals surface area contributed by atoms with E-state index in [-0.39, 0.29) is 48.2 Å². The minimum absolute atomic E-state index is 0.0139. The van der Waals surface area contributed by atoms with Gasteiger partial charge >= 0.3 is 11.6 Å². The number of rotatable bonds is 6. The lowest BCUT2D eigenvalue weighted by molar-refractivity contribution is -0.468. The topological polar surface area (TPSA) is 112 Å². The van der Waals surface area contributed by atoms with E-state index in [0.29, 0.717) is 9.16 Å². The molecule has 0 spiro atoms. The zero-order chi connectivity index (χ0) is 18.5. The molecule has 0 atom stereocenters. The van der Waals surface area contributed by atoms with Crippen molar-refractivity contribution in [3.8, 4) is 0 Å². The predicted molar refractivity (Wildman–Crippen MR) is 97.2 cm³/mol. The molecule has 3 rings (SSSR count). The first-order valence-electron chi connectivity index (χ1n) is 9.02. The Morgan fingerprint density at radius 3 is 2.73 bits per heavy atom. The lowest BCUT2D eigenvalue weighted by atomic mass is 9.95. The number of aliphatic hydroxyl groups excluding tert-OH is 1. The Morgan fingerprint density at radius 1 is 1.27 bits per heavy atom. The van der Waals surface area contributed by atoms with Crippen molar-refractivity contribution in [3.05, 3.63) is 45.8 Å². The molecule has 0 radical (unpaired) electrons. The van der Waals surface area contributed by atoms with Crippen LogP contribution in [0.25, 0.3) is 11.0 Å². The fourth-order valence-electron chi connectivity index (χ4n) is 3.47. The Morgan fingerprint density at radius 2 is 2.00 bits per heavy atom. The molecule has 1 amide bonds. The molecular weight excluding hydrogens is 336 g/mol. The second kappa shape index (κ2) is 8.29. The van der Waals surface area contributed by atoms with Gasteiger partial charge in [-0.2, -0.15) is 0 Å². The van der Waals surface area contributed by atoms with Crippen LogP contribution in [0.3, 0.4) is 0 Å². The predicted octanol–water partition coefficient (Wildman–Crippen LogP) is 1.05. The van der Waals surface area contributed by atoms with Crippen molar-refractivity contribution < 1.29 is 14.3 Å². The number of aromatic nitrogens is 2. The van der Waals surface area contributed by atoms with Gasteiger partial charge in [0.15, 0.2) is 0 Å². The molecule has 0 saturated heterocycles. The van der Waals surface area contributed by atoms with Gasteiger partial charge in [0.1, 0.15) is 11.2 Å². The van der Waals surface area contributed by atoms with E-state index in [2.05, 4.69) is 10.6 Å². The lowest BCUT2D eigenvalue weighted by Crippen LogP contribution is -2.40. The second-order valence-corrected chi connectivity index (χ2v) is 6.57. The molecule has 1 aromatic carbocycles. The molecule has 1 fully saturated rings.